The van der Waals surface area contributed by atoms with Gasteiger partial charge in [0.25, 0.3) is 0 Å². The van der Waals surface area contributed by atoms with Gasteiger partial charge in [0.2, 0.25) is 5.82 Å². The van der Waals surface area contributed by atoms with E-state index in [-0.39, 0.29) is 11.4 Å². The second-order valence-electron chi connectivity index (χ2n) is 5.91. The Labute approximate surface area is 165 Å². The fraction of sp³-hybridized carbons (Fsp3) is 0.105. The molecule has 0 saturated heterocycles. The molecule has 148 valence electrons. The van der Waals surface area contributed by atoms with Crippen LogP contribution in [0.25, 0.3) is 5.57 Å². The topological polar surface area (TPSA) is 126 Å². The van der Waals surface area contributed by atoms with Gasteiger partial charge in [-0.2, -0.15) is 4.39 Å². The van der Waals surface area contributed by atoms with E-state index in [0.29, 0.717) is 22.8 Å². The van der Waals surface area contributed by atoms with E-state index >= 15 is 0 Å². The fourth-order valence-corrected chi connectivity index (χ4v) is 2.67. The number of hydrogen-bond donors (Lipinski definition) is 3. The molecule has 1 aromatic carbocycles. The molecule has 0 spiro atoms. The second-order valence-corrected chi connectivity index (χ2v) is 5.91. The molecule has 0 amide bonds. The van der Waals surface area contributed by atoms with Crippen molar-refractivity contribution in [2.45, 2.75) is 0 Å². The maximum Gasteiger partial charge on any atom is 0.307 e. The van der Waals surface area contributed by atoms with Gasteiger partial charge in [-0.25, -0.2) is 9.97 Å². The van der Waals surface area contributed by atoms with Crippen LogP contribution in [0, 0.1) is 21.3 Å². The van der Waals surface area contributed by atoms with Crippen molar-refractivity contribution in [3.63, 3.8) is 0 Å². The summed E-state index contributed by atoms with van der Waals surface area (Å²) in [5.41, 5.74) is 1.80. The van der Waals surface area contributed by atoms with Crippen LogP contribution < -0.4 is 15.4 Å². The van der Waals surface area contributed by atoms with E-state index in [9.17, 15) is 14.5 Å². The third-order valence-electron chi connectivity index (χ3n) is 4.04. The van der Waals surface area contributed by atoms with Gasteiger partial charge in [-0.15, -0.1) is 0 Å². The minimum atomic E-state index is -0.998. The van der Waals surface area contributed by atoms with Crippen molar-refractivity contribution < 1.29 is 14.1 Å². The van der Waals surface area contributed by atoms with Crippen molar-refractivity contribution in [2.75, 3.05) is 19.5 Å². The van der Waals surface area contributed by atoms with Crippen molar-refractivity contribution >= 4 is 28.5 Å². The molecule has 1 heterocycles. The predicted molar refractivity (Wildman–Crippen MR) is 107 cm³/mol. The van der Waals surface area contributed by atoms with Crippen LogP contribution in [-0.4, -0.2) is 34.8 Å². The Morgan fingerprint density at radius 2 is 2.07 bits per heavy atom. The van der Waals surface area contributed by atoms with Crippen LogP contribution >= 0.6 is 0 Å². The summed E-state index contributed by atoms with van der Waals surface area (Å²) in [6, 6.07) is 3.59. The van der Waals surface area contributed by atoms with E-state index in [0.717, 1.165) is 17.7 Å². The van der Waals surface area contributed by atoms with E-state index in [1.54, 1.807) is 31.5 Å². The SMILES string of the molecule is CN/C=C1/C=CC(c2cc(Nc3cc([N+](=O)[O-])c(F)cc3OC)ncn2)=CC1=N. The molecule has 0 bridgehead atoms. The number of nitro benzene ring substituents is 1. The van der Waals surface area contributed by atoms with Crippen LogP contribution in [0.15, 0.2) is 54.5 Å². The van der Waals surface area contributed by atoms with E-state index < -0.39 is 16.4 Å². The lowest BCUT2D eigenvalue weighted by atomic mass is 9.99. The molecule has 1 aliphatic rings. The van der Waals surface area contributed by atoms with Gasteiger partial charge in [-0.3, -0.25) is 10.1 Å². The Bertz CT molecular complexity index is 1080. The van der Waals surface area contributed by atoms with Gasteiger partial charge < -0.3 is 20.8 Å². The number of ether oxygens (including phenoxy) is 1. The number of allylic oxidation sites excluding steroid dienone is 5. The molecule has 1 aromatic heterocycles. The number of methoxy groups -OCH3 is 1. The Hall–Kier alpha value is -4.08. The highest BCUT2D eigenvalue weighted by atomic mass is 19.1. The number of anilines is 2. The zero-order valence-corrected chi connectivity index (χ0v) is 15.6. The van der Waals surface area contributed by atoms with Crippen molar-refractivity contribution in [1.29, 1.82) is 5.41 Å². The van der Waals surface area contributed by atoms with Crippen molar-refractivity contribution in [1.82, 2.24) is 15.3 Å². The normalized spacial score (nSPS) is 14.5. The first-order chi connectivity index (χ1) is 13.9. The molecule has 0 aliphatic heterocycles. The number of rotatable bonds is 6. The largest absolute Gasteiger partial charge is 0.494 e. The van der Waals surface area contributed by atoms with Crippen molar-refractivity contribution in [2.24, 2.45) is 0 Å². The predicted octanol–water partition coefficient (Wildman–Crippen LogP) is 3.35. The standard InChI is InChI=1S/C19H17FN6O3/c1-22-9-12-4-3-11(5-14(12)21)15-8-19(24-10-23-15)25-16-7-17(26(27)28)13(20)6-18(16)29-2/h3-10,21-22H,1-2H3,(H,23,24,25)/b12-9-,21-14?. The van der Waals surface area contributed by atoms with Gasteiger partial charge in [-0.05, 0) is 6.08 Å². The monoisotopic (exact) mass is 396 g/mol. The van der Waals surface area contributed by atoms with E-state index in [2.05, 4.69) is 20.6 Å². The Balaban J connectivity index is 1.92. The lowest BCUT2D eigenvalue weighted by Crippen LogP contribution is -2.06. The maximum absolute atomic E-state index is 13.8. The summed E-state index contributed by atoms with van der Waals surface area (Å²) in [5, 5.41) is 24.9. The summed E-state index contributed by atoms with van der Waals surface area (Å²) in [4.78, 5) is 18.5. The molecule has 0 atom stereocenters. The number of hydrogen-bond acceptors (Lipinski definition) is 8. The number of nitro groups is 1. The van der Waals surface area contributed by atoms with Gasteiger partial charge in [-0.1, -0.05) is 12.2 Å². The lowest BCUT2D eigenvalue weighted by Gasteiger charge is -2.13. The summed E-state index contributed by atoms with van der Waals surface area (Å²) in [6.07, 6.45) is 8.30. The summed E-state index contributed by atoms with van der Waals surface area (Å²) >= 11 is 0. The Kier molecular flexibility index (Phi) is 5.63. The van der Waals surface area contributed by atoms with Crippen LogP contribution in [-0.2, 0) is 0 Å². The van der Waals surface area contributed by atoms with Crippen LogP contribution in [0.4, 0.5) is 21.6 Å². The zero-order valence-electron chi connectivity index (χ0n) is 15.6. The molecule has 0 saturated carbocycles. The molecule has 0 unspecified atom stereocenters. The smallest absolute Gasteiger partial charge is 0.307 e. The van der Waals surface area contributed by atoms with Gasteiger partial charge in [0.15, 0.2) is 0 Å². The molecule has 0 fully saturated rings. The number of halogens is 1. The fourth-order valence-electron chi connectivity index (χ4n) is 2.67. The Morgan fingerprint density at radius 1 is 1.28 bits per heavy atom. The van der Waals surface area contributed by atoms with Gasteiger partial charge >= 0.3 is 5.69 Å². The first-order valence-corrected chi connectivity index (χ1v) is 8.40. The Morgan fingerprint density at radius 3 is 2.72 bits per heavy atom. The van der Waals surface area contributed by atoms with Gasteiger partial charge in [0.05, 0.1) is 29.1 Å². The molecule has 0 radical (unpaired) electrons. The average molecular weight is 396 g/mol. The summed E-state index contributed by atoms with van der Waals surface area (Å²) < 4.78 is 18.9. The minimum Gasteiger partial charge on any atom is -0.494 e. The third kappa shape index (κ3) is 4.26. The molecule has 3 rings (SSSR count). The quantitative estimate of drug-likeness (QED) is 0.505. The molecule has 29 heavy (non-hydrogen) atoms. The number of benzene rings is 1. The maximum atomic E-state index is 13.8. The van der Waals surface area contributed by atoms with Crippen LogP contribution in [0.2, 0.25) is 0 Å². The van der Waals surface area contributed by atoms with Gasteiger partial charge in [0, 0.05) is 42.6 Å². The summed E-state index contributed by atoms with van der Waals surface area (Å²) in [6.45, 7) is 0. The molecular formula is C19H17FN6O3. The highest BCUT2D eigenvalue weighted by Crippen LogP contribution is 2.33. The van der Waals surface area contributed by atoms with Crippen molar-refractivity contribution in [3.8, 4) is 5.75 Å². The first-order valence-electron chi connectivity index (χ1n) is 8.40. The summed E-state index contributed by atoms with van der Waals surface area (Å²) in [7, 11) is 3.08. The number of nitrogens with one attached hydrogen (secondary N) is 3. The van der Waals surface area contributed by atoms with Crippen molar-refractivity contribution in [3.05, 3.63) is 76.2 Å². The minimum absolute atomic E-state index is 0.0914. The van der Waals surface area contributed by atoms with Crippen LogP contribution in [0.5, 0.6) is 5.75 Å². The van der Waals surface area contributed by atoms with E-state index in [4.69, 9.17) is 10.1 Å². The molecule has 10 heteroatoms. The molecule has 3 N–H and O–H groups in total. The van der Waals surface area contributed by atoms with Crippen LogP contribution in [0.1, 0.15) is 5.69 Å². The van der Waals surface area contributed by atoms with E-state index in [1.165, 1.54) is 13.4 Å². The highest BCUT2D eigenvalue weighted by Gasteiger charge is 2.19. The van der Waals surface area contributed by atoms with E-state index in [1.807, 2.05) is 6.08 Å². The lowest BCUT2D eigenvalue weighted by molar-refractivity contribution is -0.387. The third-order valence-corrected chi connectivity index (χ3v) is 4.04. The molecule has 2 aromatic rings. The number of nitrogens with zero attached hydrogens (tertiary/aromatic N) is 3. The van der Waals surface area contributed by atoms with Gasteiger partial charge in [0.1, 0.15) is 17.9 Å². The molecular weight excluding hydrogens is 379 g/mol. The zero-order chi connectivity index (χ0) is 21.0. The first kappa shape index (κ1) is 19.7. The molecule has 9 nitrogen and oxygen atoms in total. The second kappa shape index (κ2) is 8.30. The highest BCUT2D eigenvalue weighted by molar-refractivity contribution is 6.14. The van der Waals surface area contributed by atoms with Crippen LogP contribution in [0.3, 0.4) is 0 Å². The summed E-state index contributed by atoms with van der Waals surface area (Å²) in [5.74, 6) is -0.581. The average Bonchev–Trinajstić information content (AvgIpc) is 2.70. The molecule has 1 aliphatic carbocycles. The number of aromatic nitrogens is 2.